The van der Waals surface area contributed by atoms with Crippen LogP contribution in [0.3, 0.4) is 0 Å². The molecule has 0 saturated heterocycles. The molecule has 0 radical (unpaired) electrons. The summed E-state index contributed by atoms with van der Waals surface area (Å²) in [4.78, 5) is 16.1. The van der Waals surface area contributed by atoms with Gasteiger partial charge in [0, 0.05) is 5.56 Å². The Morgan fingerprint density at radius 3 is 3.04 bits per heavy atom. The molecule has 122 valence electrons. The molecule has 0 aliphatic carbocycles. The third-order valence-electron chi connectivity index (χ3n) is 3.22. The molecule has 0 atom stereocenters. The number of halogens is 2. The summed E-state index contributed by atoms with van der Waals surface area (Å²) in [6.45, 7) is 0. The fourth-order valence-electron chi connectivity index (χ4n) is 2.12. The molecular weight excluding hydrogens is 351 g/mol. The Hall–Kier alpha value is -2.51. The summed E-state index contributed by atoms with van der Waals surface area (Å²) < 4.78 is 14.5. The van der Waals surface area contributed by atoms with Gasteiger partial charge in [-0.2, -0.15) is 5.10 Å². The van der Waals surface area contributed by atoms with E-state index in [9.17, 15) is 9.18 Å². The summed E-state index contributed by atoms with van der Waals surface area (Å²) in [5.74, 6) is -0.829. The zero-order valence-electron chi connectivity index (χ0n) is 12.3. The molecule has 8 heteroatoms. The van der Waals surface area contributed by atoms with Crippen molar-refractivity contribution in [2.75, 3.05) is 5.73 Å². The first-order valence-electron chi connectivity index (χ1n) is 6.94. The molecule has 0 spiro atoms. The van der Waals surface area contributed by atoms with E-state index < -0.39 is 5.82 Å². The van der Waals surface area contributed by atoms with Gasteiger partial charge in [-0.25, -0.2) is 14.8 Å². The number of amides is 1. The zero-order valence-corrected chi connectivity index (χ0v) is 13.9. The number of fused-ring (bicyclic) bond motifs is 1. The van der Waals surface area contributed by atoms with Crippen LogP contribution in [-0.4, -0.2) is 17.1 Å². The first kappa shape index (κ1) is 16.4. The maximum atomic E-state index is 13.6. The van der Waals surface area contributed by atoms with Gasteiger partial charge in [-0.05, 0) is 29.8 Å². The van der Waals surface area contributed by atoms with E-state index in [0.29, 0.717) is 5.13 Å². The molecule has 2 aromatic carbocycles. The second-order valence-electron chi connectivity index (χ2n) is 4.96. The first-order chi connectivity index (χ1) is 11.5. The predicted octanol–water partition coefficient (Wildman–Crippen LogP) is 3.36. The van der Waals surface area contributed by atoms with Crippen molar-refractivity contribution < 1.29 is 9.18 Å². The van der Waals surface area contributed by atoms with Crippen molar-refractivity contribution in [1.29, 1.82) is 0 Å². The topological polar surface area (TPSA) is 80.4 Å². The van der Waals surface area contributed by atoms with Crippen LogP contribution in [-0.2, 0) is 11.2 Å². The number of anilines is 1. The normalized spacial score (nSPS) is 11.2. The highest BCUT2D eigenvalue weighted by molar-refractivity contribution is 7.22. The monoisotopic (exact) mass is 362 g/mol. The van der Waals surface area contributed by atoms with E-state index >= 15 is 0 Å². The summed E-state index contributed by atoms with van der Waals surface area (Å²) >= 11 is 7.23. The lowest BCUT2D eigenvalue weighted by molar-refractivity contribution is -0.120. The Kier molecular flexibility index (Phi) is 4.73. The van der Waals surface area contributed by atoms with E-state index in [0.717, 1.165) is 15.8 Å². The van der Waals surface area contributed by atoms with Crippen molar-refractivity contribution >= 4 is 50.4 Å². The van der Waals surface area contributed by atoms with E-state index in [1.807, 2.05) is 12.1 Å². The smallest absolute Gasteiger partial charge is 0.244 e. The van der Waals surface area contributed by atoms with Crippen molar-refractivity contribution in [3.63, 3.8) is 0 Å². The van der Waals surface area contributed by atoms with Crippen LogP contribution in [0.15, 0.2) is 41.5 Å². The standard InChI is InChI=1S/C16H12ClFN4OS/c17-11-2-1-3-12(18)10(11)8-20-22-15(23)7-9-4-5-13-14(6-9)24-16(19)21-13/h1-6,8H,7H2,(H2,19,21)(H,22,23)/b20-8-. The number of thiazole rings is 1. The minimum absolute atomic E-state index is 0.126. The third kappa shape index (κ3) is 3.69. The minimum Gasteiger partial charge on any atom is -0.375 e. The van der Waals surface area contributed by atoms with Crippen LogP contribution in [0.1, 0.15) is 11.1 Å². The molecule has 0 fully saturated rings. The van der Waals surface area contributed by atoms with Gasteiger partial charge in [-0.1, -0.05) is 35.1 Å². The Morgan fingerprint density at radius 1 is 1.42 bits per heavy atom. The number of rotatable bonds is 4. The van der Waals surface area contributed by atoms with Gasteiger partial charge in [0.25, 0.3) is 0 Å². The van der Waals surface area contributed by atoms with Crippen LogP contribution in [0.25, 0.3) is 10.2 Å². The first-order valence-corrected chi connectivity index (χ1v) is 8.13. The summed E-state index contributed by atoms with van der Waals surface area (Å²) in [7, 11) is 0. The number of carbonyl (C=O) groups is 1. The lowest BCUT2D eigenvalue weighted by Crippen LogP contribution is -2.19. The molecule has 3 N–H and O–H groups in total. The number of nitrogens with zero attached hydrogens (tertiary/aromatic N) is 2. The van der Waals surface area contributed by atoms with Crippen molar-refractivity contribution in [2.24, 2.45) is 5.10 Å². The molecule has 1 aromatic heterocycles. The van der Waals surface area contributed by atoms with Gasteiger partial charge in [0.1, 0.15) is 5.82 Å². The minimum atomic E-state index is -0.506. The number of hydrogen-bond donors (Lipinski definition) is 2. The number of nitrogens with two attached hydrogens (primary N) is 1. The van der Waals surface area contributed by atoms with Crippen molar-refractivity contribution in [1.82, 2.24) is 10.4 Å². The quantitative estimate of drug-likeness (QED) is 0.551. The van der Waals surface area contributed by atoms with E-state index in [1.165, 1.54) is 29.7 Å². The number of benzene rings is 2. The Morgan fingerprint density at radius 2 is 2.25 bits per heavy atom. The molecule has 3 rings (SSSR count). The van der Waals surface area contributed by atoms with E-state index in [-0.39, 0.29) is 22.9 Å². The molecule has 0 bridgehead atoms. The summed E-state index contributed by atoms with van der Waals surface area (Å²) in [5.41, 5.74) is 9.74. The van der Waals surface area contributed by atoms with Gasteiger partial charge in [0.2, 0.25) is 5.91 Å². The lowest BCUT2D eigenvalue weighted by atomic mass is 10.1. The number of aromatic nitrogens is 1. The molecule has 0 aliphatic heterocycles. The highest BCUT2D eigenvalue weighted by Gasteiger charge is 2.07. The van der Waals surface area contributed by atoms with E-state index in [1.54, 1.807) is 12.1 Å². The van der Waals surface area contributed by atoms with Crippen molar-refractivity contribution in [3.8, 4) is 0 Å². The maximum absolute atomic E-state index is 13.6. The fraction of sp³-hybridized carbons (Fsp3) is 0.0625. The number of nitrogen functional groups attached to an aromatic ring is 1. The average molecular weight is 363 g/mol. The molecule has 5 nitrogen and oxygen atoms in total. The Bertz CT molecular complexity index is 921. The van der Waals surface area contributed by atoms with Crippen LogP contribution in [0.5, 0.6) is 0 Å². The highest BCUT2D eigenvalue weighted by atomic mass is 35.5. The lowest BCUT2D eigenvalue weighted by Gasteiger charge is -2.02. The van der Waals surface area contributed by atoms with Gasteiger partial charge in [-0.3, -0.25) is 4.79 Å². The molecule has 0 aliphatic rings. The summed E-state index contributed by atoms with van der Waals surface area (Å²) in [6, 6.07) is 9.79. The molecule has 24 heavy (non-hydrogen) atoms. The molecule has 1 amide bonds. The number of hydrogen-bond acceptors (Lipinski definition) is 5. The second-order valence-corrected chi connectivity index (χ2v) is 6.43. The van der Waals surface area contributed by atoms with Crippen LogP contribution in [0.2, 0.25) is 5.02 Å². The van der Waals surface area contributed by atoms with Gasteiger partial charge in [0.15, 0.2) is 5.13 Å². The Labute approximate surface area is 146 Å². The fourth-order valence-corrected chi connectivity index (χ4v) is 3.13. The van der Waals surface area contributed by atoms with Crippen LogP contribution >= 0.6 is 22.9 Å². The summed E-state index contributed by atoms with van der Waals surface area (Å²) in [6.07, 6.45) is 1.32. The van der Waals surface area contributed by atoms with Gasteiger partial charge >= 0.3 is 0 Å². The molecule has 0 unspecified atom stereocenters. The number of hydrazone groups is 1. The van der Waals surface area contributed by atoms with Gasteiger partial charge < -0.3 is 5.73 Å². The van der Waals surface area contributed by atoms with Crippen molar-refractivity contribution in [3.05, 3.63) is 58.4 Å². The molecule has 1 heterocycles. The van der Waals surface area contributed by atoms with E-state index in [2.05, 4.69) is 15.5 Å². The maximum Gasteiger partial charge on any atom is 0.244 e. The predicted molar refractivity (Wildman–Crippen MR) is 94.9 cm³/mol. The highest BCUT2D eigenvalue weighted by Crippen LogP contribution is 2.24. The Balaban J connectivity index is 1.65. The molecule has 3 aromatic rings. The van der Waals surface area contributed by atoms with Gasteiger partial charge in [0.05, 0.1) is 27.9 Å². The van der Waals surface area contributed by atoms with Crippen LogP contribution in [0.4, 0.5) is 9.52 Å². The SMILES string of the molecule is Nc1nc2ccc(CC(=O)N/N=C\c3c(F)cccc3Cl)cc2s1. The summed E-state index contributed by atoms with van der Waals surface area (Å²) in [5, 5.41) is 4.45. The largest absolute Gasteiger partial charge is 0.375 e. The van der Waals surface area contributed by atoms with Crippen LogP contribution < -0.4 is 11.2 Å². The molecular formula is C16H12ClFN4OS. The second kappa shape index (κ2) is 6.94. The molecule has 0 saturated carbocycles. The number of carbonyl (C=O) groups excluding carboxylic acids is 1. The van der Waals surface area contributed by atoms with E-state index in [4.69, 9.17) is 17.3 Å². The van der Waals surface area contributed by atoms with Crippen LogP contribution in [0, 0.1) is 5.82 Å². The van der Waals surface area contributed by atoms with Crippen molar-refractivity contribution in [2.45, 2.75) is 6.42 Å². The average Bonchev–Trinajstić information content (AvgIpc) is 2.89. The zero-order chi connectivity index (χ0) is 17.1. The number of nitrogens with one attached hydrogen (secondary N) is 1. The van der Waals surface area contributed by atoms with Gasteiger partial charge in [-0.15, -0.1) is 0 Å². The third-order valence-corrected chi connectivity index (χ3v) is 4.39.